The molecule has 0 bridgehead atoms. The highest BCUT2D eigenvalue weighted by molar-refractivity contribution is 6.06. The van der Waals surface area contributed by atoms with E-state index in [-0.39, 0.29) is 11.4 Å². The van der Waals surface area contributed by atoms with E-state index in [1.165, 1.54) is 25.2 Å². The smallest absolute Gasteiger partial charge is 0.405 e. The Kier molecular flexibility index (Phi) is 3.09. The van der Waals surface area contributed by atoms with Gasteiger partial charge in [0.25, 0.3) is 0 Å². The minimum absolute atomic E-state index is 0.102. The summed E-state index contributed by atoms with van der Waals surface area (Å²) < 4.78 is 40.8. The first-order valence-corrected chi connectivity index (χ1v) is 5.26. The minimum Gasteiger partial charge on any atom is -0.405 e. The number of rotatable bonds is 2. The van der Waals surface area contributed by atoms with Gasteiger partial charge in [0.2, 0.25) is 0 Å². The van der Waals surface area contributed by atoms with Gasteiger partial charge in [0.05, 0.1) is 0 Å². The van der Waals surface area contributed by atoms with Crippen molar-refractivity contribution in [3.8, 4) is 5.75 Å². The predicted molar refractivity (Wildman–Crippen MR) is 59.9 cm³/mol. The maximum atomic E-state index is 12.3. The average molecular weight is 273 g/mol. The van der Waals surface area contributed by atoms with Gasteiger partial charge in [-0.15, -0.1) is 13.2 Å². The molecule has 2 N–H and O–H groups in total. The number of likely N-dealkylation sites (N-methyl/N-ethyl adjacent to an activating group) is 1. The predicted octanol–water partition coefficient (Wildman–Crippen LogP) is 2.26. The topological polar surface area (TPSA) is 65.4 Å². The number of hydrogen-bond acceptors (Lipinski definition) is 3. The van der Waals surface area contributed by atoms with Crippen LogP contribution in [0.1, 0.15) is 11.6 Å². The monoisotopic (exact) mass is 273 g/mol. The number of amides is 2. The molecule has 1 fully saturated rings. The third-order valence-electron chi connectivity index (χ3n) is 2.66. The zero-order valence-electron chi connectivity index (χ0n) is 9.78. The summed E-state index contributed by atoms with van der Waals surface area (Å²) in [7, 11) is 1.39. The molecule has 1 unspecified atom stereocenters. The Morgan fingerprint density at radius 2 is 2.00 bits per heavy atom. The lowest BCUT2D eigenvalue weighted by Gasteiger charge is -2.21. The van der Waals surface area contributed by atoms with Crippen molar-refractivity contribution in [2.45, 2.75) is 12.4 Å². The standard InChI is InChI=1S/C11H10F3N3O2/c1-17-8(9(15)16-10(17)18)6-4-2-3-5-7(6)19-11(12,13)14/h2-5,8H,1H3,(H2,15,16,18). The van der Waals surface area contributed by atoms with Crippen molar-refractivity contribution >= 4 is 11.9 Å². The first kappa shape index (κ1) is 13.2. The number of carbonyl (C=O) groups is 1. The molecule has 1 aromatic carbocycles. The van der Waals surface area contributed by atoms with E-state index in [2.05, 4.69) is 10.1 Å². The van der Waals surface area contributed by atoms with Gasteiger partial charge in [-0.25, -0.2) is 4.79 Å². The Morgan fingerprint density at radius 3 is 2.53 bits per heavy atom. The van der Waals surface area contributed by atoms with Crippen LogP contribution in [0.2, 0.25) is 0 Å². The summed E-state index contributed by atoms with van der Waals surface area (Å²) in [5, 5.41) is 9.86. The fraction of sp³-hybridized carbons (Fsp3) is 0.273. The molecule has 2 rings (SSSR count). The number of halogens is 3. The second-order valence-corrected chi connectivity index (χ2v) is 3.94. The number of nitrogens with one attached hydrogen (secondary N) is 2. The lowest BCUT2D eigenvalue weighted by molar-refractivity contribution is -0.275. The molecule has 1 aromatic rings. The summed E-state index contributed by atoms with van der Waals surface area (Å²) in [6, 6.07) is 3.98. The molecule has 1 aliphatic heterocycles. The fourth-order valence-corrected chi connectivity index (χ4v) is 1.87. The summed E-state index contributed by atoms with van der Waals surface area (Å²) in [6.07, 6.45) is -4.83. The summed E-state index contributed by atoms with van der Waals surface area (Å²) in [5.41, 5.74) is 0.102. The Balaban J connectivity index is 2.40. The van der Waals surface area contributed by atoms with Gasteiger partial charge in [-0.3, -0.25) is 10.7 Å². The summed E-state index contributed by atoms with van der Waals surface area (Å²) in [5.74, 6) is -0.612. The van der Waals surface area contributed by atoms with Gasteiger partial charge < -0.3 is 9.64 Å². The summed E-state index contributed by atoms with van der Waals surface area (Å²) in [6.45, 7) is 0. The zero-order chi connectivity index (χ0) is 14.2. The number of hydrogen-bond donors (Lipinski definition) is 2. The maximum absolute atomic E-state index is 12.3. The van der Waals surface area contributed by atoms with E-state index in [0.717, 1.165) is 11.0 Å². The molecule has 0 saturated carbocycles. The van der Waals surface area contributed by atoms with E-state index in [9.17, 15) is 18.0 Å². The van der Waals surface area contributed by atoms with Gasteiger partial charge in [0.1, 0.15) is 17.6 Å². The first-order chi connectivity index (χ1) is 8.79. The van der Waals surface area contributed by atoms with Crippen LogP contribution in [0.4, 0.5) is 18.0 Å². The first-order valence-electron chi connectivity index (χ1n) is 5.26. The number of alkyl halides is 3. The quantitative estimate of drug-likeness (QED) is 0.868. The van der Waals surface area contributed by atoms with Gasteiger partial charge in [0.15, 0.2) is 0 Å². The fourth-order valence-electron chi connectivity index (χ4n) is 1.87. The van der Waals surface area contributed by atoms with Gasteiger partial charge in [-0.05, 0) is 6.07 Å². The van der Waals surface area contributed by atoms with E-state index in [4.69, 9.17) is 5.41 Å². The van der Waals surface area contributed by atoms with Crippen molar-refractivity contribution in [1.82, 2.24) is 10.2 Å². The van der Waals surface area contributed by atoms with E-state index >= 15 is 0 Å². The Morgan fingerprint density at radius 1 is 1.37 bits per heavy atom. The molecule has 1 aliphatic rings. The Hall–Kier alpha value is -2.25. The summed E-state index contributed by atoms with van der Waals surface area (Å²) in [4.78, 5) is 12.5. The number of nitrogens with zero attached hydrogens (tertiary/aromatic N) is 1. The lowest BCUT2D eigenvalue weighted by atomic mass is 10.0. The van der Waals surface area contributed by atoms with Gasteiger partial charge in [-0.2, -0.15) is 0 Å². The molecule has 0 spiro atoms. The number of urea groups is 1. The molecule has 8 heteroatoms. The van der Waals surface area contributed by atoms with Crippen LogP contribution in [0.25, 0.3) is 0 Å². The van der Waals surface area contributed by atoms with Crippen LogP contribution in [0.5, 0.6) is 5.75 Å². The molecular formula is C11H10F3N3O2. The highest BCUT2D eigenvalue weighted by Crippen LogP contribution is 2.34. The van der Waals surface area contributed by atoms with Crippen molar-refractivity contribution in [1.29, 1.82) is 5.41 Å². The van der Waals surface area contributed by atoms with Crippen molar-refractivity contribution in [3.63, 3.8) is 0 Å². The normalized spacial score (nSPS) is 19.6. The van der Waals surface area contributed by atoms with Gasteiger partial charge >= 0.3 is 12.4 Å². The Bertz CT molecular complexity index is 530. The minimum atomic E-state index is -4.83. The van der Waals surface area contributed by atoms with E-state index < -0.39 is 24.2 Å². The molecule has 19 heavy (non-hydrogen) atoms. The van der Waals surface area contributed by atoms with Crippen molar-refractivity contribution in [2.75, 3.05) is 7.05 Å². The molecule has 2 amide bonds. The van der Waals surface area contributed by atoms with Crippen LogP contribution in [0, 0.1) is 5.41 Å². The van der Waals surface area contributed by atoms with Gasteiger partial charge in [0, 0.05) is 12.6 Å². The lowest BCUT2D eigenvalue weighted by Crippen LogP contribution is -2.26. The number of ether oxygens (including phenoxy) is 1. The van der Waals surface area contributed by atoms with Crippen LogP contribution in [0.3, 0.4) is 0 Å². The molecular weight excluding hydrogens is 263 g/mol. The Labute approximate surface area is 106 Å². The van der Waals surface area contributed by atoms with Crippen molar-refractivity contribution in [3.05, 3.63) is 29.8 Å². The van der Waals surface area contributed by atoms with Crippen molar-refractivity contribution in [2.24, 2.45) is 0 Å². The number of amidine groups is 1. The number of benzene rings is 1. The molecule has 1 saturated heterocycles. The maximum Gasteiger partial charge on any atom is 0.573 e. The SMILES string of the molecule is CN1C(=O)NC(=N)C1c1ccccc1OC(F)(F)F. The van der Waals surface area contributed by atoms with Gasteiger partial charge in [-0.1, -0.05) is 18.2 Å². The third-order valence-corrected chi connectivity index (χ3v) is 2.66. The molecule has 0 aliphatic carbocycles. The molecule has 102 valence electrons. The van der Waals surface area contributed by atoms with Crippen LogP contribution < -0.4 is 10.1 Å². The molecule has 0 aromatic heterocycles. The molecule has 1 atom stereocenters. The second kappa shape index (κ2) is 4.45. The third kappa shape index (κ3) is 2.61. The number of carbonyl (C=O) groups excluding carboxylic acids is 1. The molecule has 1 heterocycles. The van der Waals surface area contributed by atoms with Crippen LogP contribution >= 0.6 is 0 Å². The largest absolute Gasteiger partial charge is 0.573 e. The van der Waals surface area contributed by atoms with Crippen LogP contribution in [-0.4, -0.2) is 30.2 Å². The highest BCUT2D eigenvalue weighted by atomic mass is 19.4. The van der Waals surface area contributed by atoms with E-state index in [0.29, 0.717) is 0 Å². The summed E-state index contributed by atoms with van der Waals surface area (Å²) >= 11 is 0. The highest BCUT2D eigenvalue weighted by Gasteiger charge is 2.38. The van der Waals surface area contributed by atoms with Crippen LogP contribution in [0.15, 0.2) is 24.3 Å². The average Bonchev–Trinajstić information content (AvgIpc) is 2.52. The van der Waals surface area contributed by atoms with Crippen molar-refractivity contribution < 1.29 is 22.7 Å². The molecule has 0 radical (unpaired) electrons. The molecule has 5 nitrogen and oxygen atoms in total. The zero-order valence-corrected chi connectivity index (χ0v) is 9.78. The van der Waals surface area contributed by atoms with Crippen LogP contribution in [-0.2, 0) is 0 Å². The van der Waals surface area contributed by atoms with E-state index in [1.54, 1.807) is 0 Å². The number of para-hydroxylation sites is 1. The second-order valence-electron chi connectivity index (χ2n) is 3.94. The van der Waals surface area contributed by atoms with E-state index in [1.807, 2.05) is 0 Å².